The Bertz CT molecular complexity index is 537. The first-order valence-corrected chi connectivity index (χ1v) is 7.18. The molecule has 0 unspecified atom stereocenters. The van der Waals surface area contributed by atoms with Crippen LogP contribution in [0, 0.1) is 0 Å². The van der Waals surface area contributed by atoms with E-state index in [9.17, 15) is 4.79 Å². The summed E-state index contributed by atoms with van der Waals surface area (Å²) < 4.78 is 0. The van der Waals surface area contributed by atoms with Crippen molar-refractivity contribution in [3.63, 3.8) is 0 Å². The third-order valence-corrected chi connectivity index (χ3v) is 3.47. The fourth-order valence-electron chi connectivity index (χ4n) is 1.58. The molecule has 2 aromatic heterocycles. The first-order valence-electron chi connectivity index (χ1n) is 6.30. The van der Waals surface area contributed by atoms with Crippen LogP contribution in [0.1, 0.15) is 37.6 Å². The second-order valence-electron chi connectivity index (χ2n) is 4.60. The van der Waals surface area contributed by atoms with Gasteiger partial charge in [0.05, 0.1) is 5.69 Å². The Hall–Kier alpha value is -1.75. The number of pyridine rings is 1. The number of hydrogen-bond acceptors (Lipinski definition) is 4. The molecular weight excluding hydrogens is 258 g/mol. The maximum absolute atomic E-state index is 11.8. The molecule has 2 aromatic rings. The largest absolute Gasteiger partial charge is 0.302 e. The summed E-state index contributed by atoms with van der Waals surface area (Å²) in [7, 11) is 0. The molecule has 19 heavy (non-hydrogen) atoms. The van der Waals surface area contributed by atoms with E-state index in [0.29, 0.717) is 23.9 Å². The predicted molar refractivity (Wildman–Crippen MR) is 77.4 cm³/mol. The molecule has 1 amide bonds. The molecule has 0 radical (unpaired) electrons. The molecular formula is C14H17N3OS. The molecule has 0 aliphatic heterocycles. The zero-order valence-corrected chi connectivity index (χ0v) is 11.9. The summed E-state index contributed by atoms with van der Waals surface area (Å²) in [5.41, 5.74) is 1.95. The summed E-state index contributed by atoms with van der Waals surface area (Å²) in [4.78, 5) is 20.4. The van der Waals surface area contributed by atoms with E-state index in [2.05, 4.69) is 29.1 Å². The summed E-state index contributed by atoms with van der Waals surface area (Å²) in [6.07, 6.45) is 2.81. The van der Waals surface area contributed by atoms with Gasteiger partial charge in [-0.15, -0.1) is 11.3 Å². The Morgan fingerprint density at radius 2 is 2.26 bits per heavy atom. The van der Waals surface area contributed by atoms with E-state index in [-0.39, 0.29) is 5.91 Å². The molecule has 0 fully saturated rings. The van der Waals surface area contributed by atoms with E-state index < -0.39 is 0 Å². The zero-order chi connectivity index (χ0) is 13.7. The predicted octanol–water partition coefficient (Wildman–Crippen LogP) is 3.23. The summed E-state index contributed by atoms with van der Waals surface area (Å²) in [5.74, 6) is 0.366. The number of carbonyl (C=O) groups excluding carboxylic acids is 1. The van der Waals surface area contributed by atoms with Crippen molar-refractivity contribution in [1.82, 2.24) is 9.97 Å². The molecule has 2 heterocycles. The molecule has 0 aliphatic rings. The summed E-state index contributed by atoms with van der Waals surface area (Å²) >= 11 is 1.47. The average molecular weight is 275 g/mol. The minimum atomic E-state index is -0.0182. The second kappa shape index (κ2) is 6.43. The minimum Gasteiger partial charge on any atom is -0.302 e. The van der Waals surface area contributed by atoms with E-state index in [1.807, 2.05) is 23.6 Å². The fourth-order valence-corrected chi connectivity index (χ4v) is 2.47. The van der Waals surface area contributed by atoms with Crippen LogP contribution < -0.4 is 5.32 Å². The van der Waals surface area contributed by atoms with Gasteiger partial charge in [0, 0.05) is 23.7 Å². The van der Waals surface area contributed by atoms with Crippen molar-refractivity contribution in [3.05, 3.63) is 41.2 Å². The van der Waals surface area contributed by atoms with Crippen LogP contribution in [0.25, 0.3) is 0 Å². The van der Waals surface area contributed by atoms with Crippen molar-refractivity contribution in [2.24, 2.45) is 0 Å². The number of aryl methyl sites for hydroxylation is 1. The van der Waals surface area contributed by atoms with Gasteiger partial charge < -0.3 is 5.32 Å². The summed E-state index contributed by atoms with van der Waals surface area (Å²) in [5, 5.41) is 5.49. The number of rotatable bonds is 5. The van der Waals surface area contributed by atoms with E-state index in [4.69, 9.17) is 0 Å². The third-order valence-electron chi connectivity index (χ3n) is 2.69. The lowest BCUT2D eigenvalue weighted by atomic mass is 10.2. The Morgan fingerprint density at radius 1 is 1.42 bits per heavy atom. The van der Waals surface area contributed by atoms with Gasteiger partial charge in [-0.25, -0.2) is 4.98 Å². The number of nitrogens with one attached hydrogen (secondary N) is 1. The fraction of sp³-hybridized carbons (Fsp3) is 0.357. The smallest absolute Gasteiger partial charge is 0.226 e. The standard InChI is InChI=1S/C14H17N3OS/c1-10(2)12-9-19-14(16-12)17-13(18)7-6-11-5-3-4-8-15-11/h3-5,8-10H,6-7H2,1-2H3,(H,16,17,18). The molecule has 0 aromatic carbocycles. The van der Waals surface area contributed by atoms with Crippen LogP contribution in [-0.4, -0.2) is 15.9 Å². The maximum Gasteiger partial charge on any atom is 0.226 e. The molecule has 0 spiro atoms. The van der Waals surface area contributed by atoms with E-state index in [0.717, 1.165) is 11.4 Å². The number of carbonyl (C=O) groups is 1. The monoisotopic (exact) mass is 275 g/mol. The Morgan fingerprint density at radius 3 is 2.89 bits per heavy atom. The summed E-state index contributed by atoms with van der Waals surface area (Å²) in [6, 6.07) is 5.72. The van der Waals surface area contributed by atoms with Gasteiger partial charge in [0.1, 0.15) is 0 Å². The van der Waals surface area contributed by atoms with Crippen molar-refractivity contribution in [2.45, 2.75) is 32.6 Å². The number of anilines is 1. The highest BCUT2D eigenvalue weighted by atomic mass is 32.1. The van der Waals surface area contributed by atoms with Crippen LogP contribution in [-0.2, 0) is 11.2 Å². The van der Waals surface area contributed by atoms with Gasteiger partial charge in [0.25, 0.3) is 0 Å². The van der Waals surface area contributed by atoms with Crippen LogP contribution in [0.2, 0.25) is 0 Å². The molecule has 0 saturated carbocycles. The van der Waals surface area contributed by atoms with Crippen LogP contribution >= 0.6 is 11.3 Å². The topological polar surface area (TPSA) is 54.9 Å². The van der Waals surface area contributed by atoms with Crippen LogP contribution in [0.15, 0.2) is 29.8 Å². The molecule has 100 valence electrons. The lowest BCUT2D eigenvalue weighted by molar-refractivity contribution is -0.116. The van der Waals surface area contributed by atoms with Crippen LogP contribution in [0.4, 0.5) is 5.13 Å². The van der Waals surface area contributed by atoms with Gasteiger partial charge in [-0.05, 0) is 24.5 Å². The van der Waals surface area contributed by atoms with Gasteiger partial charge in [0.15, 0.2) is 5.13 Å². The SMILES string of the molecule is CC(C)c1csc(NC(=O)CCc2ccccn2)n1. The summed E-state index contributed by atoms with van der Waals surface area (Å²) in [6.45, 7) is 4.17. The minimum absolute atomic E-state index is 0.0182. The van der Waals surface area contributed by atoms with E-state index in [1.165, 1.54) is 11.3 Å². The Balaban J connectivity index is 1.84. The van der Waals surface area contributed by atoms with Crippen molar-refractivity contribution < 1.29 is 4.79 Å². The number of amides is 1. The van der Waals surface area contributed by atoms with Crippen molar-refractivity contribution >= 4 is 22.4 Å². The lowest BCUT2D eigenvalue weighted by Gasteiger charge is -2.02. The quantitative estimate of drug-likeness (QED) is 0.911. The van der Waals surface area contributed by atoms with Crippen LogP contribution in [0.5, 0.6) is 0 Å². The van der Waals surface area contributed by atoms with Crippen molar-refractivity contribution in [1.29, 1.82) is 0 Å². The molecule has 2 rings (SSSR count). The van der Waals surface area contributed by atoms with Gasteiger partial charge in [0.2, 0.25) is 5.91 Å². The van der Waals surface area contributed by atoms with Gasteiger partial charge in [-0.2, -0.15) is 0 Å². The van der Waals surface area contributed by atoms with Gasteiger partial charge in [-0.3, -0.25) is 9.78 Å². The number of nitrogens with zero attached hydrogens (tertiary/aromatic N) is 2. The average Bonchev–Trinajstić information content (AvgIpc) is 2.86. The van der Waals surface area contributed by atoms with Crippen LogP contribution in [0.3, 0.4) is 0 Å². The highest BCUT2D eigenvalue weighted by Crippen LogP contribution is 2.21. The second-order valence-corrected chi connectivity index (χ2v) is 5.46. The number of aromatic nitrogens is 2. The Labute approximate surface area is 116 Å². The molecule has 4 nitrogen and oxygen atoms in total. The molecule has 0 atom stereocenters. The maximum atomic E-state index is 11.8. The Kier molecular flexibility index (Phi) is 4.63. The molecule has 1 N–H and O–H groups in total. The van der Waals surface area contributed by atoms with Gasteiger partial charge in [-0.1, -0.05) is 19.9 Å². The first-order chi connectivity index (χ1) is 9.15. The number of thiazole rings is 1. The third kappa shape index (κ3) is 4.13. The lowest BCUT2D eigenvalue weighted by Crippen LogP contribution is -2.12. The highest BCUT2D eigenvalue weighted by Gasteiger charge is 2.09. The molecule has 0 aliphatic carbocycles. The highest BCUT2D eigenvalue weighted by molar-refractivity contribution is 7.13. The molecule has 0 saturated heterocycles. The van der Waals surface area contributed by atoms with Crippen molar-refractivity contribution in [2.75, 3.05) is 5.32 Å². The van der Waals surface area contributed by atoms with Gasteiger partial charge >= 0.3 is 0 Å². The molecule has 5 heteroatoms. The van der Waals surface area contributed by atoms with E-state index >= 15 is 0 Å². The number of hydrogen-bond donors (Lipinski definition) is 1. The zero-order valence-electron chi connectivity index (χ0n) is 11.1. The van der Waals surface area contributed by atoms with E-state index in [1.54, 1.807) is 6.20 Å². The van der Waals surface area contributed by atoms with Crippen molar-refractivity contribution in [3.8, 4) is 0 Å². The molecule has 0 bridgehead atoms. The normalized spacial score (nSPS) is 10.7. The first kappa shape index (κ1) is 13.7.